The summed E-state index contributed by atoms with van der Waals surface area (Å²) in [6.07, 6.45) is 9.67. The topological polar surface area (TPSA) is 87.7 Å². The molecule has 0 amide bonds. The molecule has 6 nitrogen and oxygen atoms in total. The van der Waals surface area contributed by atoms with Crippen LogP contribution < -0.4 is 10.6 Å². The second-order valence-corrected chi connectivity index (χ2v) is 10.9. The lowest BCUT2D eigenvalue weighted by Gasteiger charge is -2.28. The molecule has 1 aromatic carbocycles. The highest BCUT2D eigenvalue weighted by atomic mass is 32.2. The zero-order chi connectivity index (χ0) is 23.6. The highest BCUT2D eigenvalue weighted by Crippen LogP contribution is 2.44. The number of benzene rings is 1. The molecule has 0 aliphatic carbocycles. The molecule has 2 aliphatic heterocycles. The summed E-state index contributed by atoms with van der Waals surface area (Å²) < 4.78 is 18.5. The van der Waals surface area contributed by atoms with Crippen molar-refractivity contribution in [2.75, 3.05) is 18.8 Å². The van der Waals surface area contributed by atoms with Crippen LogP contribution in [0.15, 0.2) is 47.4 Å². The van der Waals surface area contributed by atoms with Gasteiger partial charge >= 0.3 is 5.97 Å². The van der Waals surface area contributed by atoms with Crippen molar-refractivity contribution in [1.82, 2.24) is 10.6 Å². The largest absolute Gasteiger partial charge is 0.481 e. The number of ether oxygens (including phenoxy) is 1. The molecule has 2 heterocycles. The molecular weight excluding hydrogens is 476 g/mol. The first-order valence-electron chi connectivity index (χ1n) is 11.4. The van der Waals surface area contributed by atoms with Gasteiger partial charge in [-0.3, -0.25) is 9.00 Å². The van der Waals surface area contributed by atoms with Crippen molar-refractivity contribution in [2.24, 2.45) is 11.8 Å². The summed E-state index contributed by atoms with van der Waals surface area (Å²) in [4.78, 5) is 12.6. The van der Waals surface area contributed by atoms with Crippen molar-refractivity contribution >= 4 is 51.2 Å². The Balaban J connectivity index is 1.37. The van der Waals surface area contributed by atoms with Crippen molar-refractivity contribution in [1.29, 1.82) is 0 Å². The Morgan fingerprint density at radius 2 is 1.82 bits per heavy atom. The van der Waals surface area contributed by atoms with Crippen LogP contribution in [-0.4, -0.2) is 56.3 Å². The molecular formula is C24H32N2O4S3. The van der Waals surface area contributed by atoms with E-state index in [0.29, 0.717) is 40.9 Å². The Morgan fingerprint density at radius 1 is 1.09 bits per heavy atom. The van der Waals surface area contributed by atoms with Crippen LogP contribution in [0.4, 0.5) is 0 Å². The second-order valence-electron chi connectivity index (χ2n) is 8.49. The molecule has 1 unspecified atom stereocenters. The molecule has 0 saturated carbocycles. The van der Waals surface area contributed by atoms with Crippen molar-refractivity contribution in [3.63, 3.8) is 0 Å². The van der Waals surface area contributed by atoms with Crippen molar-refractivity contribution < 1.29 is 18.8 Å². The third-order valence-corrected chi connectivity index (χ3v) is 8.28. The Labute approximate surface area is 209 Å². The molecule has 1 aromatic rings. The fourth-order valence-corrected chi connectivity index (χ4v) is 6.04. The quantitative estimate of drug-likeness (QED) is 0.212. The first kappa shape index (κ1) is 25.9. The standard InChI is InChI=1S/C24H32N2O4S3/c27-24(28)11-7-2-1-6-10-18-19(21-13-12-20(18)30-21)14-25-22(31)15-26-23(32)16-33(29)17-8-4-3-5-9-17/h1,3-6,8-9,18-21H,2,7,10-16H2,(H,25,31)(H,26,32)(H,27,28)/t18-,19+,20-,21+,33?/m0/s1. The lowest BCUT2D eigenvalue weighted by molar-refractivity contribution is -0.137. The van der Waals surface area contributed by atoms with E-state index in [2.05, 4.69) is 22.8 Å². The van der Waals surface area contributed by atoms with E-state index in [1.54, 1.807) is 0 Å². The summed E-state index contributed by atoms with van der Waals surface area (Å²) in [7, 11) is -1.17. The normalized spacial score (nSPS) is 24.6. The Hall–Kier alpha value is -1.68. The maximum absolute atomic E-state index is 12.4. The minimum Gasteiger partial charge on any atom is -0.481 e. The molecule has 3 rings (SSSR count). The molecule has 3 N–H and O–H groups in total. The molecule has 0 radical (unpaired) electrons. The van der Waals surface area contributed by atoms with E-state index in [9.17, 15) is 9.00 Å². The molecule has 9 heteroatoms. The van der Waals surface area contributed by atoms with Gasteiger partial charge in [0.1, 0.15) is 0 Å². The van der Waals surface area contributed by atoms with Crippen LogP contribution in [0.5, 0.6) is 0 Å². The molecule has 2 fully saturated rings. The van der Waals surface area contributed by atoms with Gasteiger partial charge < -0.3 is 20.5 Å². The number of rotatable bonds is 13. The van der Waals surface area contributed by atoms with Crippen LogP contribution in [0, 0.1) is 11.8 Å². The number of allylic oxidation sites excluding steroid dienone is 2. The average molecular weight is 509 g/mol. The SMILES string of the molecule is O=C(O)CCCC=CC[C@H]1[C@@H](CNC(=S)CNC(=S)CS(=O)c2ccccc2)[C@H]2CC[C@@H]1O2. The molecule has 5 atom stereocenters. The number of thiocarbonyl (C=S) groups is 2. The van der Waals surface area contributed by atoms with Gasteiger partial charge in [0, 0.05) is 23.8 Å². The summed E-state index contributed by atoms with van der Waals surface area (Å²) in [6.45, 7) is 1.19. The van der Waals surface area contributed by atoms with Crippen LogP contribution in [0.1, 0.15) is 38.5 Å². The Bertz CT molecular complexity index is 878. The molecule has 2 aliphatic rings. The summed E-state index contributed by atoms with van der Waals surface area (Å²) in [6, 6.07) is 9.30. The molecule has 0 spiro atoms. The van der Waals surface area contributed by atoms with Crippen LogP contribution >= 0.6 is 24.4 Å². The second kappa shape index (κ2) is 13.3. The van der Waals surface area contributed by atoms with Gasteiger partial charge in [0.05, 0.1) is 45.3 Å². The smallest absolute Gasteiger partial charge is 0.303 e. The summed E-state index contributed by atoms with van der Waals surface area (Å²) in [5.74, 6) is 0.398. The third kappa shape index (κ3) is 8.24. The number of hydrogen-bond acceptors (Lipinski definition) is 5. The minimum absolute atomic E-state index is 0.213. The Morgan fingerprint density at radius 3 is 2.55 bits per heavy atom. The number of carboxylic acids is 1. The first-order chi connectivity index (χ1) is 15.9. The van der Waals surface area contributed by atoms with Crippen LogP contribution in [0.2, 0.25) is 0 Å². The number of carboxylic acid groups (broad SMARTS) is 1. The van der Waals surface area contributed by atoms with E-state index in [0.717, 1.165) is 37.1 Å². The Kier molecular flexibility index (Phi) is 10.4. The van der Waals surface area contributed by atoms with E-state index in [1.165, 1.54) is 0 Å². The van der Waals surface area contributed by atoms with Gasteiger partial charge in [-0.2, -0.15) is 0 Å². The van der Waals surface area contributed by atoms with E-state index >= 15 is 0 Å². The fourth-order valence-electron chi connectivity index (χ4n) is 4.52. The van der Waals surface area contributed by atoms with Gasteiger partial charge in [-0.1, -0.05) is 54.8 Å². The lowest BCUT2D eigenvalue weighted by Crippen LogP contribution is -2.42. The number of carbonyl (C=O) groups is 1. The van der Waals surface area contributed by atoms with Gasteiger partial charge in [-0.25, -0.2) is 0 Å². The van der Waals surface area contributed by atoms with Crippen molar-refractivity contribution in [3.05, 3.63) is 42.5 Å². The van der Waals surface area contributed by atoms with Crippen molar-refractivity contribution in [3.8, 4) is 0 Å². The minimum atomic E-state index is -1.17. The maximum atomic E-state index is 12.4. The summed E-state index contributed by atoms with van der Waals surface area (Å²) >= 11 is 10.8. The number of unbranched alkanes of at least 4 members (excludes halogenated alkanes) is 1. The van der Waals surface area contributed by atoms with Gasteiger partial charge in [-0.15, -0.1) is 0 Å². The van der Waals surface area contributed by atoms with Gasteiger partial charge in [0.15, 0.2) is 0 Å². The van der Waals surface area contributed by atoms with E-state index in [4.69, 9.17) is 34.3 Å². The highest BCUT2D eigenvalue weighted by Gasteiger charge is 2.47. The van der Waals surface area contributed by atoms with Crippen LogP contribution in [0.3, 0.4) is 0 Å². The molecule has 2 saturated heterocycles. The maximum Gasteiger partial charge on any atom is 0.303 e. The molecule has 33 heavy (non-hydrogen) atoms. The third-order valence-electron chi connectivity index (χ3n) is 6.18. The summed E-state index contributed by atoms with van der Waals surface area (Å²) in [5, 5.41) is 15.2. The average Bonchev–Trinajstić information content (AvgIpc) is 3.41. The monoisotopic (exact) mass is 508 g/mol. The number of hydrogen-bond donors (Lipinski definition) is 3. The summed E-state index contributed by atoms with van der Waals surface area (Å²) in [5.41, 5.74) is 0. The number of nitrogens with one attached hydrogen (secondary N) is 2. The highest BCUT2D eigenvalue weighted by molar-refractivity contribution is 7.89. The molecule has 0 aromatic heterocycles. The lowest BCUT2D eigenvalue weighted by atomic mass is 9.77. The molecule has 180 valence electrons. The van der Waals surface area contributed by atoms with Gasteiger partial charge in [-0.05, 0) is 50.2 Å². The van der Waals surface area contributed by atoms with E-state index in [-0.39, 0.29) is 18.3 Å². The molecule has 2 bridgehead atoms. The van der Waals surface area contributed by atoms with Crippen LogP contribution in [-0.2, 0) is 20.3 Å². The van der Waals surface area contributed by atoms with Crippen LogP contribution in [0.25, 0.3) is 0 Å². The predicted octanol–water partition coefficient (Wildman–Crippen LogP) is 3.62. The van der Waals surface area contributed by atoms with Gasteiger partial charge in [0.2, 0.25) is 0 Å². The van der Waals surface area contributed by atoms with E-state index < -0.39 is 16.8 Å². The van der Waals surface area contributed by atoms with Crippen molar-refractivity contribution in [2.45, 2.75) is 55.6 Å². The zero-order valence-electron chi connectivity index (χ0n) is 18.6. The van der Waals surface area contributed by atoms with Gasteiger partial charge in [0.25, 0.3) is 0 Å². The zero-order valence-corrected chi connectivity index (χ0v) is 21.1. The fraction of sp³-hybridized carbons (Fsp3) is 0.542. The van der Waals surface area contributed by atoms with E-state index in [1.807, 2.05) is 30.3 Å². The number of aliphatic carboxylic acids is 1. The predicted molar refractivity (Wildman–Crippen MR) is 139 cm³/mol. The number of fused-ring (bicyclic) bond motifs is 2. The first-order valence-corrected chi connectivity index (χ1v) is 13.6.